The van der Waals surface area contributed by atoms with Gasteiger partial charge >= 0.3 is 0 Å². The van der Waals surface area contributed by atoms with Crippen LogP contribution in [0.5, 0.6) is 0 Å². The molecule has 3 aliphatic heterocycles. The van der Waals surface area contributed by atoms with Crippen LogP contribution in [-0.4, -0.2) is 48.3 Å². The van der Waals surface area contributed by atoms with E-state index < -0.39 is 11.9 Å². The van der Waals surface area contributed by atoms with Crippen molar-refractivity contribution in [3.63, 3.8) is 0 Å². The second-order valence-electron chi connectivity index (χ2n) is 6.76. The maximum absolute atomic E-state index is 11.6. The van der Waals surface area contributed by atoms with Crippen molar-refractivity contribution in [3.05, 3.63) is 12.2 Å². The van der Waals surface area contributed by atoms with Gasteiger partial charge in [-0.05, 0) is 5.57 Å². The van der Waals surface area contributed by atoms with Crippen LogP contribution in [0.4, 0.5) is 0 Å². The highest BCUT2D eigenvalue weighted by molar-refractivity contribution is 5.97. The van der Waals surface area contributed by atoms with Gasteiger partial charge in [-0.25, -0.2) is 0 Å². The summed E-state index contributed by atoms with van der Waals surface area (Å²) in [7, 11) is 0. The lowest BCUT2D eigenvalue weighted by Crippen LogP contribution is -2.58. The Bertz CT molecular complexity index is 519. The minimum absolute atomic E-state index is 0.00313. The summed E-state index contributed by atoms with van der Waals surface area (Å²) in [6.07, 6.45) is -0.489. The number of hydrogen-bond donors (Lipinski definition) is 2. The molecule has 0 radical (unpaired) electrons. The molecule has 7 heteroatoms. The first-order valence-electron chi connectivity index (χ1n) is 7.92. The van der Waals surface area contributed by atoms with Crippen molar-refractivity contribution in [2.45, 2.75) is 44.7 Å². The first kappa shape index (κ1) is 16.6. The predicted octanol–water partition coefficient (Wildman–Crippen LogP) is 0.328. The van der Waals surface area contributed by atoms with Gasteiger partial charge in [0.1, 0.15) is 12.9 Å². The van der Waals surface area contributed by atoms with E-state index in [0.717, 1.165) is 5.57 Å². The van der Waals surface area contributed by atoms with E-state index in [1.807, 2.05) is 13.8 Å². The largest absolute Gasteiger partial charge is 0.363 e. The minimum atomic E-state index is -1.46. The molecule has 23 heavy (non-hydrogen) atoms. The van der Waals surface area contributed by atoms with Crippen LogP contribution < -0.4 is 5.32 Å². The molecule has 0 bridgehead atoms. The van der Waals surface area contributed by atoms with E-state index in [2.05, 4.69) is 11.9 Å². The number of piperidine rings is 1. The van der Waals surface area contributed by atoms with E-state index in [1.54, 1.807) is 0 Å². The lowest BCUT2D eigenvalue weighted by atomic mass is 9.77. The van der Waals surface area contributed by atoms with Crippen LogP contribution in [0.25, 0.3) is 0 Å². The fourth-order valence-electron chi connectivity index (χ4n) is 3.85. The van der Waals surface area contributed by atoms with Crippen molar-refractivity contribution < 1.29 is 28.9 Å². The Morgan fingerprint density at radius 3 is 2.43 bits per heavy atom. The smallest absolute Gasteiger partial charge is 0.226 e. The van der Waals surface area contributed by atoms with E-state index in [-0.39, 0.29) is 55.3 Å². The number of amides is 2. The molecular weight excluding hydrogens is 302 g/mol. The zero-order valence-electron chi connectivity index (χ0n) is 13.4. The number of carbonyl (C=O) groups excluding carboxylic acids is 2. The van der Waals surface area contributed by atoms with E-state index >= 15 is 0 Å². The normalized spacial score (nSPS) is 42.8. The van der Waals surface area contributed by atoms with Gasteiger partial charge in [0.25, 0.3) is 0 Å². The van der Waals surface area contributed by atoms with Gasteiger partial charge in [-0.3, -0.25) is 14.9 Å². The maximum atomic E-state index is 11.6. The molecule has 3 aliphatic rings. The van der Waals surface area contributed by atoms with Gasteiger partial charge in [0.05, 0.1) is 12.7 Å². The highest BCUT2D eigenvalue weighted by atomic mass is 16.7. The van der Waals surface area contributed by atoms with Crippen molar-refractivity contribution >= 4 is 11.8 Å². The Morgan fingerprint density at radius 1 is 1.22 bits per heavy atom. The molecule has 3 heterocycles. The standard InChI is InChI=1S/C16H23NO6/c1-8-6-23-16(20,10(8)3)15-9(2)14(21-7-22-15)11-4-12(18)17-13(19)5-11/h9-11,14-15,20H,1,4-7H2,2-3H3,(H,17,18,19). The Morgan fingerprint density at radius 2 is 1.87 bits per heavy atom. The second-order valence-corrected chi connectivity index (χ2v) is 6.76. The van der Waals surface area contributed by atoms with Crippen molar-refractivity contribution in [1.82, 2.24) is 5.32 Å². The molecule has 0 aromatic carbocycles. The Balaban J connectivity index is 1.78. The third-order valence-corrected chi connectivity index (χ3v) is 5.27. The zero-order valence-corrected chi connectivity index (χ0v) is 13.4. The van der Waals surface area contributed by atoms with Gasteiger partial charge < -0.3 is 19.3 Å². The molecule has 3 fully saturated rings. The van der Waals surface area contributed by atoms with Gasteiger partial charge in [-0.1, -0.05) is 20.4 Å². The van der Waals surface area contributed by atoms with Crippen LogP contribution >= 0.6 is 0 Å². The van der Waals surface area contributed by atoms with Gasteiger partial charge in [0.15, 0.2) is 5.79 Å². The number of carbonyl (C=O) groups is 2. The summed E-state index contributed by atoms with van der Waals surface area (Å²) in [4.78, 5) is 23.2. The number of nitrogens with one attached hydrogen (secondary N) is 1. The summed E-state index contributed by atoms with van der Waals surface area (Å²) in [6, 6.07) is 0. The maximum Gasteiger partial charge on any atom is 0.226 e. The predicted molar refractivity (Wildman–Crippen MR) is 78.9 cm³/mol. The Labute approximate surface area is 135 Å². The van der Waals surface area contributed by atoms with Crippen LogP contribution in [-0.2, 0) is 23.8 Å². The fourth-order valence-corrected chi connectivity index (χ4v) is 3.85. The topological polar surface area (TPSA) is 94.1 Å². The van der Waals surface area contributed by atoms with Gasteiger partial charge in [-0.2, -0.15) is 0 Å². The number of aliphatic hydroxyl groups is 1. The SMILES string of the molecule is C=C1COC(O)(C2OCOC(C3CC(=O)NC(=O)C3)C2C)C1C. The summed E-state index contributed by atoms with van der Waals surface area (Å²) in [6.45, 7) is 7.94. The number of rotatable bonds is 2. The van der Waals surface area contributed by atoms with Crippen LogP contribution in [0, 0.1) is 17.8 Å². The van der Waals surface area contributed by atoms with Crippen molar-refractivity contribution in [2.24, 2.45) is 17.8 Å². The molecule has 0 aromatic rings. The van der Waals surface area contributed by atoms with Crippen molar-refractivity contribution in [1.29, 1.82) is 0 Å². The fraction of sp³-hybridized carbons (Fsp3) is 0.750. The second kappa shape index (κ2) is 5.98. The lowest BCUT2D eigenvalue weighted by Gasteiger charge is -2.46. The zero-order chi connectivity index (χ0) is 16.8. The van der Waals surface area contributed by atoms with E-state index in [0.29, 0.717) is 6.61 Å². The Hall–Kier alpha value is -1.28. The van der Waals surface area contributed by atoms with Gasteiger partial charge in [0, 0.05) is 30.6 Å². The molecular formula is C16H23NO6. The van der Waals surface area contributed by atoms with Crippen LogP contribution in [0.1, 0.15) is 26.7 Å². The molecule has 5 unspecified atom stereocenters. The average Bonchev–Trinajstić information content (AvgIpc) is 2.75. The summed E-state index contributed by atoms with van der Waals surface area (Å²) < 4.78 is 16.9. The first-order chi connectivity index (χ1) is 10.8. The molecule has 3 saturated heterocycles. The van der Waals surface area contributed by atoms with Gasteiger partial charge in [0.2, 0.25) is 11.8 Å². The van der Waals surface area contributed by atoms with Gasteiger partial charge in [-0.15, -0.1) is 0 Å². The third kappa shape index (κ3) is 2.82. The molecule has 5 atom stereocenters. The first-order valence-corrected chi connectivity index (χ1v) is 7.92. The molecule has 2 N–H and O–H groups in total. The molecule has 0 aromatic heterocycles. The summed E-state index contributed by atoms with van der Waals surface area (Å²) >= 11 is 0. The average molecular weight is 325 g/mol. The van der Waals surface area contributed by atoms with E-state index in [9.17, 15) is 14.7 Å². The number of ether oxygens (including phenoxy) is 3. The molecule has 7 nitrogen and oxygen atoms in total. The van der Waals surface area contributed by atoms with Crippen molar-refractivity contribution in [3.8, 4) is 0 Å². The quantitative estimate of drug-likeness (QED) is 0.561. The van der Waals surface area contributed by atoms with Crippen LogP contribution in [0.2, 0.25) is 0 Å². The molecule has 3 rings (SSSR count). The van der Waals surface area contributed by atoms with E-state index in [1.165, 1.54) is 0 Å². The van der Waals surface area contributed by atoms with Crippen LogP contribution in [0.15, 0.2) is 12.2 Å². The molecule has 0 spiro atoms. The lowest BCUT2D eigenvalue weighted by molar-refractivity contribution is -0.326. The number of imide groups is 1. The monoisotopic (exact) mass is 325 g/mol. The highest BCUT2D eigenvalue weighted by Crippen LogP contribution is 2.43. The molecule has 128 valence electrons. The highest BCUT2D eigenvalue weighted by Gasteiger charge is 2.55. The van der Waals surface area contributed by atoms with Crippen molar-refractivity contribution in [2.75, 3.05) is 13.4 Å². The molecule has 0 aliphatic carbocycles. The van der Waals surface area contributed by atoms with Crippen LogP contribution in [0.3, 0.4) is 0 Å². The molecule has 2 amide bonds. The summed E-state index contributed by atoms with van der Waals surface area (Å²) in [5.74, 6) is -2.75. The minimum Gasteiger partial charge on any atom is -0.363 e. The van der Waals surface area contributed by atoms with E-state index in [4.69, 9.17) is 14.2 Å². The summed E-state index contributed by atoms with van der Waals surface area (Å²) in [5.41, 5.74) is 0.818. The molecule has 0 saturated carbocycles. The third-order valence-electron chi connectivity index (χ3n) is 5.27. The number of hydrogen-bond acceptors (Lipinski definition) is 6. The Kier molecular flexibility index (Phi) is 4.31. The summed E-state index contributed by atoms with van der Waals surface area (Å²) in [5, 5.41) is 13.2.